The number of hydrogen-bond acceptors (Lipinski definition) is 8. The van der Waals surface area contributed by atoms with E-state index >= 15 is 0 Å². The van der Waals surface area contributed by atoms with E-state index in [9.17, 15) is 9.59 Å². The predicted molar refractivity (Wildman–Crippen MR) is 47.4 cm³/mol. The fourth-order valence-electron chi connectivity index (χ4n) is 0.269. The molecule has 0 N–H and O–H groups in total. The van der Waals surface area contributed by atoms with Crippen LogP contribution in [0.3, 0.4) is 0 Å². The highest BCUT2D eigenvalue weighted by Crippen LogP contribution is 2.22. The molecule has 0 fully saturated rings. The first-order valence-electron chi connectivity index (χ1n) is 2.85. The number of methoxy groups -OCH3 is 2. The molecule has 0 radical (unpaired) electrons. The summed E-state index contributed by atoms with van der Waals surface area (Å²) in [5.74, 6) is 0. The molecular formula is C5H6N2O4S2. The van der Waals surface area contributed by atoms with Crippen LogP contribution >= 0.6 is 23.9 Å². The van der Waals surface area contributed by atoms with Crippen molar-refractivity contribution in [2.45, 2.75) is 0 Å². The summed E-state index contributed by atoms with van der Waals surface area (Å²) in [5, 5.41) is 7.07. The number of carbonyl (C=O) groups excluding carboxylic acids is 2. The Kier molecular flexibility index (Phi) is 5.92. The summed E-state index contributed by atoms with van der Waals surface area (Å²) in [6, 6.07) is 0. The van der Waals surface area contributed by atoms with Crippen LogP contribution in [0.1, 0.15) is 0 Å². The fraction of sp³-hybridized carbons (Fsp3) is 0.400. The molecule has 13 heavy (non-hydrogen) atoms. The third-order valence-corrected chi connectivity index (χ3v) is 2.30. The van der Waals surface area contributed by atoms with Crippen molar-refractivity contribution in [3.63, 3.8) is 0 Å². The van der Waals surface area contributed by atoms with Gasteiger partial charge in [0.15, 0.2) is 0 Å². The third-order valence-electron chi connectivity index (χ3n) is 0.730. The van der Waals surface area contributed by atoms with E-state index in [1.54, 1.807) is 6.19 Å². The Morgan fingerprint density at radius 1 is 1.23 bits per heavy atom. The standard InChI is InChI=1S/C5H6N2O4S2/c1-10-4(8)12-7(3-6)13-5(9)11-2/h1-2H3. The third kappa shape index (κ3) is 5.21. The van der Waals surface area contributed by atoms with Crippen molar-refractivity contribution < 1.29 is 19.1 Å². The van der Waals surface area contributed by atoms with Crippen molar-refractivity contribution in [3.8, 4) is 6.19 Å². The molecule has 0 aliphatic heterocycles. The molecule has 0 aromatic rings. The fourth-order valence-corrected chi connectivity index (χ4v) is 1.29. The van der Waals surface area contributed by atoms with E-state index in [-0.39, 0.29) is 0 Å². The lowest BCUT2D eigenvalue weighted by molar-refractivity contribution is 0.200. The van der Waals surface area contributed by atoms with Gasteiger partial charge in [-0.1, -0.05) is 0 Å². The molecule has 0 unspecified atom stereocenters. The normalized spacial score (nSPS) is 8.38. The second-order valence-electron chi connectivity index (χ2n) is 1.45. The molecule has 0 aliphatic carbocycles. The number of nitrogens with zero attached hydrogens (tertiary/aromatic N) is 2. The second kappa shape index (κ2) is 6.45. The Morgan fingerprint density at radius 2 is 1.62 bits per heavy atom. The maximum atomic E-state index is 10.6. The summed E-state index contributed by atoms with van der Waals surface area (Å²) in [5.41, 5.74) is 0. The molecule has 0 bridgehead atoms. The Labute approximate surface area is 83.4 Å². The van der Waals surface area contributed by atoms with Crippen LogP contribution in [-0.2, 0) is 9.47 Å². The van der Waals surface area contributed by atoms with Crippen LogP contribution in [0.4, 0.5) is 9.59 Å². The van der Waals surface area contributed by atoms with Gasteiger partial charge in [-0.05, 0) is 0 Å². The molecule has 0 amide bonds. The summed E-state index contributed by atoms with van der Waals surface area (Å²) in [6.45, 7) is 0. The van der Waals surface area contributed by atoms with Gasteiger partial charge in [-0.15, -0.1) is 0 Å². The Bertz CT molecular complexity index is 221. The monoisotopic (exact) mass is 222 g/mol. The number of rotatable bonds is 2. The average molecular weight is 222 g/mol. The molecule has 0 rings (SSSR count). The lowest BCUT2D eigenvalue weighted by atomic mass is 11.5. The van der Waals surface area contributed by atoms with Crippen LogP contribution in [0.15, 0.2) is 0 Å². The van der Waals surface area contributed by atoms with Crippen LogP contribution in [0.25, 0.3) is 0 Å². The van der Waals surface area contributed by atoms with E-state index in [0.717, 1.165) is 3.71 Å². The molecule has 72 valence electrons. The van der Waals surface area contributed by atoms with E-state index in [4.69, 9.17) is 5.26 Å². The van der Waals surface area contributed by atoms with Gasteiger partial charge in [-0.3, -0.25) is 0 Å². The summed E-state index contributed by atoms with van der Waals surface area (Å²) < 4.78 is 9.30. The predicted octanol–water partition coefficient (Wildman–Crippen LogP) is 1.60. The minimum atomic E-state index is -0.682. The first kappa shape index (κ1) is 11.9. The zero-order valence-electron chi connectivity index (χ0n) is 6.84. The molecular weight excluding hydrogens is 216 g/mol. The quantitative estimate of drug-likeness (QED) is 0.301. The van der Waals surface area contributed by atoms with Crippen molar-refractivity contribution in [3.05, 3.63) is 0 Å². The van der Waals surface area contributed by atoms with Crippen LogP contribution in [0, 0.1) is 11.5 Å². The SMILES string of the molecule is COC(=O)SN(C#N)SC(=O)OC. The molecule has 8 heteroatoms. The molecule has 0 heterocycles. The molecule has 0 aromatic carbocycles. The van der Waals surface area contributed by atoms with Gasteiger partial charge in [0.1, 0.15) is 0 Å². The van der Waals surface area contributed by atoms with E-state index in [0.29, 0.717) is 23.9 Å². The highest BCUT2D eigenvalue weighted by Gasteiger charge is 2.16. The topological polar surface area (TPSA) is 79.6 Å². The maximum absolute atomic E-state index is 10.6. The van der Waals surface area contributed by atoms with E-state index < -0.39 is 10.6 Å². The molecule has 0 atom stereocenters. The average Bonchev–Trinajstić information content (AvgIpc) is 2.16. The first-order valence-corrected chi connectivity index (χ1v) is 4.40. The van der Waals surface area contributed by atoms with Gasteiger partial charge in [-0.25, -0.2) is 9.59 Å². The van der Waals surface area contributed by atoms with E-state index in [1.807, 2.05) is 0 Å². The van der Waals surface area contributed by atoms with E-state index in [1.165, 1.54) is 14.2 Å². The highest BCUT2D eigenvalue weighted by molar-refractivity contribution is 8.25. The Morgan fingerprint density at radius 3 is 1.85 bits per heavy atom. The van der Waals surface area contributed by atoms with Crippen molar-refractivity contribution in [2.24, 2.45) is 0 Å². The number of hydrogen-bond donors (Lipinski definition) is 0. The number of nitriles is 1. The Balaban J connectivity index is 3.98. The summed E-state index contributed by atoms with van der Waals surface area (Å²) in [4.78, 5) is 21.3. The molecule has 0 aromatic heterocycles. The lowest BCUT2D eigenvalue weighted by Gasteiger charge is -2.07. The van der Waals surface area contributed by atoms with Gasteiger partial charge in [0, 0.05) is 0 Å². The van der Waals surface area contributed by atoms with Gasteiger partial charge in [0.25, 0.3) is 0 Å². The smallest absolute Gasteiger partial charge is 0.389 e. The maximum Gasteiger partial charge on any atom is 0.389 e. The summed E-state index contributed by atoms with van der Waals surface area (Å²) in [7, 11) is 2.35. The first-order chi connectivity index (χ1) is 6.13. The van der Waals surface area contributed by atoms with E-state index in [2.05, 4.69) is 9.47 Å². The van der Waals surface area contributed by atoms with Crippen LogP contribution in [-0.4, -0.2) is 28.5 Å². The zero-order valence-corrected chi connectivity index (χ0v) is 8.48. The Hall–Kier alpha value is -1.07. The minimum absolute atomic E-state index is 0.462. The molecule has 0 saturated carbocycles. The highest BCUT2D eigenvalue weighted by atomic mass is 32.2. The van der Waals surface area contributed by atoms with Gasteiger partial charge in [0.05, 0.1) is 38.1 Å². The van der Waals surface area contributed by atoms with Gasteiger partial charge in [0.2, 0.25) is 6.19 Å². The van der Waals surface area contributed by atoms with Gasteiger partial charge in [-0.2, -0.15) is 8.97 Å². The zero-order chi connectivity index (χ0) is 10.3. The summed E-state index contributed by atoms with van der Waals surface area (Å²) >= 11 is 0.923. The number of ether oxygens (including phenoxy) is 2. The van der Waals surface area contributed by atoms with Gasteiger partial charge >= 0.3 is 10.6 Å². The van der Waals surface area contributed by atoms with Crippen LogP contribution < -0.4 is 0 Å². The van der Waals surface area contributed by atoms with Crippen molar-refractivity contribution in [1.82, 2.24) is 3.71 Å². The molecule has 6 nitrogen and oxygen atoms in total. The largest absolute Gasteiger partial charge is 0.460 e. The number of carbonyl (C=O) groups is 2. The van der Waals surface area contributed by atoms with Gasteiger partial charge < -0.3 is 9.47 Å². The van der Waals surface area contributed by atoms with Crippen molar-refractivity contribution >= 4 is 34.5 Å². The summed E-state index contributed by atoms with van der Waals surface area (Å²) in [6.07, 6.45) is 1.59. The molecule has 0 aliphatic rings. The van der Waals surface area contributed by atoms with Crippen molar-refractivity contribution in [1.29, 1.82) is 5.26 Å². The second-order valence-corrected chi connectivity index (χ2v) is 3.44. The van der Waals surface area contributed by atoms with Crippen LogP contribution in [0.5, 0.6) is 0 Å². The van der Waals surface area contributed by atoms with Crippen molar-refractivity contribution in [2.75, 3.05) is 14.2 Å². The molecule has 0 saturated heterocycles. The lowest BCUT2D eigenvalue weighted by Crippen LogP contribution is -2.07. The van der Waals surface area contributed by atoms with Crippen LogP contribution in [0.2, 0.25) is 0 Å². The molecule has 0 spiro atoms. The minimum Gasteiger partial charge on any atom is -0.460 e.